The maximum Gasteiger partial charge on any atom is 0.244 e. The summed E-state index contributed by atoms with van der Waals surface area (Å²) in [7, 11) is 0. The van der Waals surface area contributed by atoms with Crippen LogP contribution in [0.1, 0.15) is 6.92 Å². The molecule has 1 aromatic heterocycles. The molecule has 1 aromatic carbocycles. The Labute approximate surface area is 155 Å². The number of rotatable bonds is 4. The minimum atomic E-state index is -0.247. The lowest BCUT2D eigenvalue weighted by molar-refractivity contribution is -0.131. The number of nitrogens with one attached hydrogen (secondary N) is 1. The van der Waals surface area contributed by atoms with Crippen molar-refractivity contribution in [2.75, 3.05) is 36.4 Å². The van der Waals surface area contributed by atoms with E-state index in [2.05, 4.69) is 42.8 Å². The molecule has 0 radical (unpaired) electrons. The quantitative estimate of drug-likeness (QED) is 0.744. The maximum atomic E-state index is 12.6. The van der Waals surface area contributed by atoms with E-state index in [0.717, 1.165) is 28.3 Å². The van der Waals surface area contributed by atoms with Gasteiger partial charge in [-0.15, -0.1) is 0 Å². The highest BCUT2D eigenvalue weighted by molar-refractivity contribution is 14.1. The van der Waals surface area contributed by atoms with E-state index in [1.54, 1.807) is 18.5 Å². The van der Waals surface area contributed by atoms with Gasteiger partial charge in [0.2, 0.25) is 11.9 Å². The minimum Gasteiger partial charge on any atom is -0.374 e. The molecule has 1 unspecified atom stereocenters. The lowest BCUT2D eigenvalue weighted by atomic mass is 10.2. The van der Waals surface area contributed by atoms with Crippen molar-refractivity contribution in [1.29, 1.82) is 0 Å². The van der Waals surface area contributed by atoms with Gasteiger partial charge in [-0.25, -0.2) is 9.97 Å². The molecule has 3 rings (SSSR count). The summed E-state index contributed by atoms with van der Waals surface area (Å²) in [5.41, 5.74) is 0.971. The normalized spacial score (nSPS) is 15.9. The molecule has 6 nitrogen and oxygen atoms in total. The van der Waals surface area contributed by atoms with Gasteiger partial charge in [0.1, 0.15) is 6.04 Å². The second-order valence-electron chi connectivity index (χ2n) is 5.74. The van der Waals surface area contributed by atoms with Gasteiger partial charge in [-0.3, -0.25) is 4.79 Å². The van der Waals surface area contributed by atoms with Crippen LogP contribution in [0.15, 0.2) is 42.7 Å². The van der Waals surface area contributed by atoms with Gasteiger partial charge >= 0.3 is 0 Å². The lowest BCUT2D eigenvalue weighted by Crippen LogP contribution is -2.52. The second kappa shape index (κ2) is 7.78. The Hall–Kier alpha value is -1.90. The van der Waals surface area contributed by atoms with E-state index < -0.39 is 0 Å². The van der Waals surface area contributed by atoms with E-state index in [-0.39, 0.29) is 11.9 Å². The van der Waals surface area contributed by atoms with Crippen LogP contribution in [-0.2, 0) is 4.79 Å². The molecule has 1 aliphatic heterocycles. The number of anilines is 2. The molecule has 1 saturated heterocycles. The van der Waals surface area contributed by atoms with E-state index in [4.69, 9.17) is 0 Å². The van der Waals surface area contributed by atoms with Crippen molar-refractivity contribution < 1.29 is 4.79 Å². The monoisotopic (exact) mass is 437 g/mol. The molecule has 2 aromatic rings. The molecule has 0 bridgehead atoms. The van der Waals surface area contributed by atoms with Crippen LogP contribution in [0, 0.1) is 3.57 Å². The summed E-state index contributed by atoms with van der Waals surface area (Å²) < 4.78 is 1.15. The average Bonchev–Trinajstić information content (AvgIpc) is 2.62. The second-order valence-corrected chi connectivity index (χ2v) is 6.98. The number of amides is 1. The SMILES string of the molecule is CC(Nc1cccc(I)c1)C(=O)N1CCN(c2ncccn2)CC1. The van der Waals surface area contributed by atoms with Crippen LogP contribution in [0.5, 0.6) is 0 Å². The Morgan fingerprint density at radius 3 is 2.54 bits per heavy atom. The molecule has 0 saturated carbocycles. The number of aromatic nitrogens is 2. The van der Waals surface area contributed by atoms with Crippen LogP contribution in [0.25, 0.3) is 0 Å². The minimum absolute atomic E-state index is 0.127. The van der Waals surface area contributed by atoms with Crippen molar-refractivity contribution in [3.63, 3.8) is 0 Å². The number of benzene rings is 1. The van der Waals surface area contributed by atoms with Crippen molar-refractivity contribution in [1.82, 2.24) is 14.9 Å². The summed E-state index contributed by atoms with van der Waals surface area (Å²) in [6.45, 7) is 4.80. The van der Waals surface area contributed by atoms with Crippen molar-refractivity contribution in [3.8, 4) is 0 Å². The largest absolute Gasteiger partial charge is 0.374 e. The summed E-state index contributed by atoms with van der Waals surface area (Å²) in [6.07, 6.45) is 3.49. The van der Waals surface area contributed by atoms with Crippen molar-refractivity contribution in [2.45, 2.75) is 13.0 Å². The zero-order chi connectivity index (χ0) is 16.9. The smallest absolute Gasteiger partial charge is 0.244 e. The molecular weight excluding hydrogens is 417 g/mol. The fraction of sp³-hybridized carbons (Fsp3) is 0.353. The van der Waals surface area contributed by atoms with Gasteiger partial charge in [-0.1, -0.05) is 6.07 Å². The molecule has 1 atom stereocenters. The van der Waals surface area contributed by atoms with Gasteiger partial charge in [-0.05, 0) is 53.8 Å². The Kier molecular flexibility index (Phi) is 5.49. The highest BCUT2D eigenvalue weighted by Gasteiger charge is 2.25. The van der Waals surface area contributed by atoms with Crippen molar-refractivity contribution in [2.24, 2.45) is 0 Å². The summed E-state index contributed by atoms with van der Waals surface area (Å²) in [5.74, 6) is 0.858. The first-order chi connectivity index (χ1) is 11.6. The molecule has 1 amide bonds. The van der Waals surface area contributed by atoms with Gasteiger partial charge < -0.3 is 15.1 Å². The molecule has 7 heteroatoms. The third kappa shape index (κ3) is 4.14. The maximum absolute atomic E-state index is 12.6. The van der Waals surface area contributed by atoms with Crippen LogP contribution in [0.3, 0.4) is 0 Å². The van der Waals surface area contributed by atoms with E-state index in [1.807, 2.05) is 36.1 Å². The Morgan fingerprint density at radius 2 is 1.88 bits per heavy atom. The topological polar surface area (TPSA) is 61.4 Å². The Balaban J connectivity index is 1.55. The molecule has 24 heavy (non-hydrogen) atoms. The number of carbonyl (C=O) groups excluding carboxylic acids is 1. The van der Waals surface area contributed by atoms with Crippen LogP contribution in [0.2, 0.25) is 0 Å². The number of hydrogen-bond donors (Lipinski definition) is 1. The molecule has 126 valence electrons. The molecule has 1 N–H and O–H groups in total. The molecular formula is C17H20IN5O. The van der Waals surface area contributed by atoms with Crippen LogP contribution in [-0.4, -0.2) is 53.0 Å². The predicted molar refractivity (Wildman–Crippen MR) is 103 cm³/mol. The fourth-order valence-electron chi connectivity index (χ4n) is 2.75. The summed E-state index contributed by atoms with van der Waals surface area (Å²) in [6, 6.07) is 9.60. The van der Waals surface area contributed by atoms with Gasteiger partial charge in [0.25, 0.3) is 0 Å². The van der Waals surface area contributed by atoms with E-state index in [9.17, 15) is 4.79 Å². The highest BCUT2D eigenvalue weighted by atomic mass is 127. The van der Waals surface area contributed by atoms with Gasteiger partial charge in [-0.2, -0.15) is 0 Å². The number of halogens is 1. The van der Waals surface area contributed by atoms with Gasteiger partial charge in [0.15, 0.2) is 0 Å². The molecule has 1 fully saturated rings. The van der Waals surface area contributed by atoms with Crippen molar-refractivity contribution in [3.05, 3.63) is 46.3 Å². The van der Waals surface area contributed by atoms with Gasteiger partial charge in [0.05, 0.1) is 0 Å². The number of carbonyl (C=O) groups is 1. The molecule has 1 aliphatic rings. The Morgan fingerprint density at radius 1 is 1.17 bits per heavy atom. The van der Waals surface area contributed by atoms with E-state index in [0.29, 0.717) is 13.1 Å². The average molecular weight is 437 g/mol. The number of piperazine rings is 1. The first-order valence-corrected chi connectivity index (χ1v) is 9.04. The first kappa shape index (κ1) is 16.9. The fourth-order valence-corrected chi connectivity index (χ4v) is 3.29. The standard InChI is InChI=1S/C17H20IN5O/c1-13(21-15-5-2-4-14(18)12-15)16(24)22-8-10-23(11-9-22)17-19-6-3-7-20-17/h2-7,12-13,21H,8-11H2,1H3. The highest BCUT2D eigenvalue weighted by Crippen LogP contribution is 2.15. The molecule has 2 heterocycles. The number of nitrogens with zero attached hydrogens (tertiary/aromatic N) is 4. The third-order valence-electron chi connectivity index (χ3n) is 4.00. The molecule has 0 aliphatic carbocycles. The van der Waals surface area contributed by atoms with Crippen molar-refractivity contribution >= 4 is 40.1 Å². The van der Waals surface area contributed by atoms with E-state index in [1.165, 1.54) is 0 Å². The zero-order valence-electron chi connectivity index (χ0n) is 13.5. The predicted octanol–water partition coefficient (Wildman–Crippen LogP) is 2.23. The summed E-state index contributed by atoms with van der Waals surface area (Å²) >= 11 is 2.27. The number of hydrogen-bond acceptors (Lipinski definition) is 5. The summed E-state index contributed by atoms with van der Waals surface area (Å²) in [4.78, 5) is 25.2. The first-order valence-electron chi connectivity index (χ1n) is 7.96. The van der Waals surface area contributed by atoms with E-state index >= 15 is 0 Å². The third-order valence-corrected chi connectivity index (χ3v) is 4.68. The van der Waals surface area contributed by atoms with Crippen LogP contribution in [0.4, 0.5) is 11.6 Å². The lowest BCUT2D eigenvalue weighted by Gasteiger charge is -2.36. The molecule has 0 spiro atoms. The summed E-state index contributed by atoms with van der Waals surface area (Å²) in [5, 5.41) is 3.29. The Bertz CT molecular complexity index is 688. The zero-order valence-corrected chi connectivity index (χ0v) is 15.7. The van der Waals surface area contributed by atoms with Crippen LogP contribution < -0.4 is 10.2 Å². The van der Waals surface area contributed by atoms with Crippen LogP contribution >= 0.6 is 22.6 Å². The van der Waals surface area contributed by atoms with Gasteiger partial charge in [0, 0.05) is 47.8 Å².